The first kappa shape index (κ1) is 11.0. The molecule has 78 valence electrons. The van der Waals surface area contributed by atoms with Crippen molar-refractivity contribution in [1.29, 1.82) is 0 Å². The fourth-order valence-corrected chi connectivity index (χ4v) is 2.50. The van der Waals surface area contributed by atoms with Gasteiger partial charge in [0, 0.05) is 12.1 Å². The van der Waals surface area contributed by atoms with E-state index in [1.807, 2.05) is 0 Å². The van der Waals surface area contributed by atoms with E-state index < -0.39 is 0 Å². The van der Waals surface area contributed by atoms with Crippen molar-refractivity contribution in [2.24, 2.45) is 5.41 Å². The molecule has 1 heteroatoms. The van der Waals surface area contributed by atoms with Gasteiger partial charge < -0.3 is 0 Å². The van der Waals surface area contributed by atoms with Gasteiger partial charge in [-0.05, 0) is 38.6 Å². The Balaban J connectivity index is 2.67. The summed E-state index contributed by atoms with van der Waals surface area (Å²) in [6.07, 6.45) is 4.21. The minimum atomic E-state index is 0.449. The molecule has 1 aliphatic heterocycles. The van der Waals surface area contributed by atoms with Crippen molar-refractivity contribution in [3.05, 3.63) is 0 Å². The maximum absolute atomic E-state index is 2.68. The van der Waals surface area contributed by atoms with E-state index in [4.69, 9.17) is 0 Å². The van der Waals surface area contributed by atoms with E-state index in [9.17, 15) is 0 Å². The number of piperidine rings is 1. The molecule has 0 amide bonds. The molecule has 0 bridgehead atoms. The average molecular weight is 183 g/mol. The van der Waals surface area contributed by atoms with Crippen LogP contribution in [0.15, 0.2) is 0 Å². The van der Waals surface area contributed by atoms with Gasteiger partial charge >= 0.3 is 0 Å². The fraction of sp³-hybridized carbons (Fsp3) is 1.00. The quantitative estimate of drug-likeness (QED) is 0.603. The average Bonchev–Trinajstić information content (AvgIpc) is 2.03. The maximum Gasteiger partial charge on any atom is 0.0146 e. The van der Waals surface area contributed by atoms with Crippen LogP contribution in [0, 0.1) is 5.41 Å². The van der Waals surface area contributed by atoms with Gasteiger partial charge in [-0.25, -0.2) is 0 Å². The Bertz CT molecular complexity index is 155. The predicted octanol–water partition coefficient (Wildman–Crippen LogP) is 3.30. The molecule has 1 heterocycles. The van der Waals surface area contributed by atoms with Gasteiger partial charge in [0.1, 0.15) is 0 Å². The van der Waals surface area contributed by atoms with Gasteiger partial charge in [0.25, 0.3) is 0 Å². The molecule has 0 saturated carbocycles. The largest absolute Gasteiger partial charge is 0.297 e. The lowest BCUT2D eigenvalue weighted by Crippen LogP contribution is -2.50. The van der Waals surface area contributed by atoms with Gasteiger partial charge in [-0.2, -0.15) is 0 Å². The summed E-state index contributed by atoms with van der Waals surface area (Å²) < 4.78 is 0. The summed E-state index contributed by atoms with van der Waals surface area (Å²) in [4.78, 5) is 2.68. The van der Waals surface area contributed by atoms with Gasteiger partial charge in [0.05, 0.1) is 0 Å². The fourth-order valence-electron chi connectivity index (χ4n) is 2.50. The Morgan fingerprint density at radius 2 is 1.77 bits per heavy atom. The molecular formula is C12H25N. The smallest absolute Gasteiger partial charge is 0.0146 e. The molecule has 0 unspecified atom stereocenters. The molecule has 0 aromatic rings. The highest BCUT2D eigenvalue weighted by Crippen LogP contribution is 2.32. The van der Waals surface area contributed by atoms with Gasteiger partial charge in [0.15, 0.2) is 0 Å². The molecule has 1 rings (SSSR count). The zero-order chi connectivity index (χ0) is 10.1. The van der Waals surface area contributed by atoms with Crippen LogP contribution in [-0.2, 0) is 0 Å². The summed E-state index contributed by atoms with van der Waals surface area (Å²) in [5, 5.41) is 0. The minimum absolute atomic E-state index is 0.449. The van der Waals surface area contributed by atoms with Crippen molar-refractivity contribution in [3.63, 3.8) is 0 Å². The lowest BCUT2D eigenvalue weighted by Gasteiger charge is -2.45. The highest BCUT2D eigenvalue weighted by atomic mass is 15.2. The third-order valence-electron chi connectivity index (χ3n) is 3.21. The van der Waals surface area contributed by atoms with Crippen LogP contribution in [-0.4, -0.2) is 23.5 Å². The number of hydrogen-bond donors (Lipinski definition) is 0. The summed E-state index contributed by atoms with van der Waals surface area (Å²) in [7, 11) is 0. The SMILES string of the molecule is CC(C)N1CCCC[C@@H]1C(C)(C)C. The Kier molecular flexibility index (Phi) is 3.39. The van der Waals surface area contributed by atoms with Gasteiger partial charge in [0.2, 0.25) is 0 Å². The molecule has 0 aromatic heterocycles. The highest BCUT2D eigenvalue weighted by molar-refractivity contribution is 4.87. The summed E-state index contributed by atoms with van der Waals surface area (Å²) in [6, 6.07) is 1.51. The first-order valence-corrected chi connectivity index (χ1v) is 5.68. The second-order valence-electron chi connectivity index (χ2n) is 5.71. The molecule has 1 aliphatic rings. The van der Waals surface area contributed by atoms with Crippen LogP contribution in [0.2, 0.25) is 0 Å². The van der Waals surface area contributed by atoms with E-state index in [1.54, 1.807) is 0 Å². The van der Waals surface area contributed by atoms with E-state index in [2.05, 4.69) is 39.5 Å². The topological polar surface area (TPSA) is 3.24 Å². The van der Waals surface area contributed by atoms with Crippen molar-refractivity contribution < 1.29 is 0 Å². The third kappa shape index (κ3) is 2.70. The summed E-state index contributed by atoms with van der Waals surface area (Å²) in [5.41, 5.74) is 0.449. The van der Waals surface area contributed by atoms with Crippen LogP contribution in [0.5, 0.6) is 0 Å². The van der Waals surface area contributed by atoms with Crippen molar-refractivity contribution in [2.45, 2.75) is 66.0 Å². The number of likely N-dealkylation sites (tertiary alicyclic amines) is 1. The molecular weight excluding hydrogens is 158 g/mol. The normalized spacial score (nSPS) is 26.8. The highest BCUT2D eigenvalue weighted by Gasteiger charge is 2.33. The van der Waals surface area contributed by atoms with Crippen LogP contribution in [0.25, 0.3) is 0 Å². The van der Waals surface area contributed by atoms with E-state index in [-0.39, 0.29) is 0 Å². The molecule has 1 atom stereocenters. The number of hydrogen-bond acceptors (Lipinski definition) is 1. The van der Waals surface area contributed by atoms with E-state index in [1.165, 1.54) is 25.8 Å². The number of nitrogens with zero attached hydrogens (tertiary/aromatic N) is 1. The maximum atomic E-state index is 2.68. The van der Waals surface area contributed by atoms with Gasteiger partial charge in [-0.3, -0.25) is 4.90 Å². The lowest BCUT2D eigenvalue weighted by molar-refractivity contribution is 0.0389. The number of rotatable bonds is 1. The molecule has 0 spiro atoms. The molecule has 1 fully saturated rings. The summed E-state index contributed by atoms with van der Waals surface area (Å²) in [5.74, 6) is 0. The standard InChI is InChI=1S/C12H25N/c1-10(2)13-9-7-6-8-11(13)12(3,4)5/h10-11H,6-9H2,1-5H3/t11-/m1/s1. The lowest BCUT2D eigenvalue weighted by atomic mass is 9.80. The van der Waals surface area contributed by atoms with Gasteiger partial charge in [-0.1, -0.05) is 27.2 Å². The molecule has 0 N–H and O–H groups in total. The van der Waals surface area contributed by atoms with Crippen LogP contribution in [0.3, 0.4) is 0 Å². The minimum Gasteiger partial charge on any atom is -0.297 e. The van der Waals surface area contributed by atoms with Crippen LogP contribution >= 0.6 is 0 Å². The molecule has 0 aromatic carbocycles. The second-order valence-corrected chi connectivity index (χ2v) is 5.71. The summed E-state index contributed by atoms with van der Waals surface area (Å²) >= 11 is 0. The van der Waals surface area contributed by atoms with Crippen LogP contribution in [0.1, 0.15) is 53.9 Å². The third-order valence-corrected chi connectivity index (χ3v) is 3.21. The Labute approximate surface area is 83.5 Å². The Morgan fingerprint density at radius 1 is 1.15 bits per heavy atom. The van der Waals surface area contributed by atoms with E-state index in [0.29, 0.717) is 11.5 Å². The van der Waals surface area contributed by atoms with Crippen molar-refractivity contribution >= 4 is 0 Å². The van der Waals surface area contributed by atoms with Gasteiger partial charge in [-0.15, -0.1) is 0 Å². The molecule has 0 radical (unpaired) electrons. The summed E-state index contributed by atoms with van der Waals surface area (Å²) in [6.45, 7) is 13.1. The zero-order valence-electron chi connectivity index (χ0n) is 9.93. The first-order valence-electron chi connectivity index (χ1n) is 5.68. The predicted molar refractivity (Wildman–Crippen MR) is 58.9 cm³/mol. The van der Waals surface area contributed by atoms with Crippen molar-refractivity contribution in [1.82, 2.24) is 4.90 Å². The zero-order valence-corrected chi connectivity index (χ0v) is 9.93. The molecule has 0 aliphatic carbocycles. The van der Waals surface area contributed by atoms with E-state index >= 15 is 0 Å². The van der Waals surface area contributed by atoms with E-state index in [0.717, 1.165) is 6.04 Å². The Hall–Kier alpha value is -0.0400. The molecule has 1 nitrogen and oxygen atoms in total. The molecule has 1 saturated heterocycles. The Morgan fingerprint density at radius 3 is 2.15 bits per heavy atom. The van der Waals surface area contributed by atoms with Crippen molar-refractivity contribution in [3.8, 4) is 0 Å². The second kappa shape index (κ2) is 4.00. The first-order chi connectivity index (χ1) is 5.93. The van der Waals surface area contributed by atoms with Crippen LogP contribution in [0.4, 0.5) is 0 Å². The molecule has 13 heavy (non-hydrogen) atoms. The van der Waals surface area contributed by atoms with Crippen molar-refractivity contribution in [2.75, 3.05) is 6.54 Å². The monoisotopic (exact) mass is 183 g/mol. The van der Waals surface area contributed by atoms with Crippen LogP contribution < -0.4 is 0 Å².